The predicted molar refractivity (Wildman–Crippen MR) is 92.5 cm³/mol. The largest absolute Gasteiger partial charge is 0.442 e. The number of carbonyl (C=O) groups excluding carboxylic acids is 2. The lowest BCUT2D eigenvalue weighted by Crippen LogP contribution is -2.32. The highest BCUT2D eigenvalue weighted by atomic mass is 16.3. The fraction of sp³-hybridized carbons (Fsp3) is 0.222. The van der Waals surface area contributed by atoms with E-state index in [1.165, 1.54) is 6.33 Å². The minimum atomic E-state index is -0.425. The number of amides is 2. The van der Waals surface area contributed by atoms with Gasteiger partial charge < -0.3 is 20.0 Å². The monoisotopic (exact) mass is 352 g/mol. The number of benzene rings is 1. The van der Waals surface area contributed by atoms with E-state index in [4.69, 9.17) is 4.42 Å². The Morgan fingerprint density at radius 2 is 2.19 bits per heavy atom. The molecular formula is C18H16N4O4. The van der Waals surface area contributed by atoms with E-state index < -0.39 is 11.5 Å². The molecule has 3 heterocycles. The smallest absolute Gasteiger partial charge is 0.262 e. The molecule has 1 aliphatic rings. The maximum absolute atomic E-state index is 12.7. The molecule has 2 amide bonds. The molecule has 1 aliphatic heterocycles. The number of fused-ring (bicyclic) bond motifs is 2. The van der Waals surface area contributed by atoms with E-state index in [-0.39, 0.29) is 29.1 Å². The summed E-state index contributed by atoms with van der Waals surface area (Å²) in [4.78, 5) is 42.8. The summed E-state index contributed by atoms with van der Waals surface area (Å²) < 4.78 is 5.41. The van der Waals surface area contributed by atoms with Gasteiger partial charge in [0.1, 0.15) is 11.1 Å². The first-order chi connectivity index (χ1) is 12.5. The Kier molecular flexibility index (Phi) is 3.80. The molecule has 3 N–H and O–H groups in total. The molecule has 0 bridgehead atoms. The summed E-state index contributed by atoms with van der Waals surface area (Å²) in [7, 11) is 0. The number of aromatic nitrogens is 2. The zero-order valence-electron chi connectivity index (χ0n) is 14.0. The molecule has 8 heteroatoms. The number of aromatic amines is 1. The first-order valence-corrected chi connectivity index (χ1v) is 8.16. The lowest BCUT2D eigenvalue weighted by molar-refractivity contribution is -0.121. The van der Waals surface area contributed by atoms with Crippen molar-refractivity contribution in [2.75, 3.05) is 0 Å². The molecule has 0 atom stereocenters. The van der Waals surface area contributed by atoms with E-state index in [0.717, 1.165) is 16.7 Å². The Labute approximate surface area is 147 Å². The van der Waals surface area contributed by atoms with E-state index in [0.29, 0.717) is 18.7 Å². The van der Waals surface area contributed by atoms with Gasteiger partial charge in [-0.15, -0.1) is 0 Å². The maximum Gasteiger partial charge on any atom is 0.262 e. The number of furan rings is 1. The molecule has 2 aromatic heterocycles. The molecule has 1 aromatic carbocycles. The predicted octanol–water partition coefficient (Wildman–Crippen LogP) is 0.927. The second kappa shape index (κ2) is 6.14. The van der Waals surface area contributed by atoms with E-state index in [2.05, 4.69) is 20.6 Å². The van der Waals surface area contributed by atoms with Crippen molar-refractivity contribution in [2.24, 2.45) is 0 Å². The number of carbonyl (C=O) groups is 2. The van der Waals surface area contributed by atoms with Gasteiger partial charge in [0.25, 0.3) is 11.5 Å². The highest BCUT2D eigenvalue weighted by Crippen LogP contribution is 2.22. The topological polar surface area (TPSA) is 117 Å². The molecule has 0 saturated heterocycles. The summed E-state index contributed by atoms with van der Waals surface area (Å²) in [6.45, 7) is 2.35. The van der Waals surface area contributed by atoms with E-state index in [1.54, 1.807) is 6.92 Å². The van der Waals surface area contributed by atoms with Crippen LogP contribution in [0.4, 0.5) is 0 Å². The molecule has 8 nitrogen and oxygen atoms in total. The molecule has 26 heavy (non-hydrogen) atoms. The lowest BCUT2D eigenvalue weighted by atomic mass is 9.95. The highest BCUT2D eigenvalue weighted by Gasteiger charge is 2.22. The molecule has 0 radical (unpaired) electrons. The number of nitrogens with one attached hydrogen (secondary N) is 3. The Balaban J connectivity index is 1.62. The summed E-state index contributed by atoms with van der Waals surface area (Å²) in [6.07, 6.45) is 1.52. The number of aryl methyl sites for hydroxylation is 1. The number of hydrogen-bond acceptors (Lipinski definition) is 5. The van der Waals surface area contributed by atoms with Crippen LogP contribution in [0.15, 0.2) is 33.7 Å². The van der Waals surface area contributed by atoms with Crippen molar-refractivity contribution in [3.05, 3.63) is 62.9 Å². The van der Waals surface area contributed by atoms with Gasteiger partial charge in [-0.25, -0.2) is 4.98 Å². The average molecular weight is 352 g/mol. The van der Waals surface area contributed by atoms with Gasteiger partial charge in [-0.1, -0.05) is 18.2 Å². The maximum atomic E-state index is 12.7. The number of H-pyrrole nitrogens is 1. The average Bonchev–Trinajstić information content (AvgIpc) is 2.97. The van der Waals surface area contributed by atoms with Gasteiger partial charge in [-0.05, 0) is 23.6 Å². The van der Waals surface area contributed by atoms with Gasteiger partial charge in [0.15, 0.2) is 0 Å². The van der Waals surface area contributed by atoms with Crippen LogP contribution >= 0.6 is 0 Å². The van der Waals surface area contributed by atoms with Crippen molar-refractivity contribution in [3.63, 3.8) is 0 Å². The molecule has 0 saturated carbocycles. The molecule has 4 rings (SSSR count). The quantitative estimate of drug-likeness (QED) is 0.648. The van der Waals surface area contributed by atoms with Crippen molar-refractivity contribution < 1.29 is 14.0 Å². The first kappa shape index (κ1) is 16.1. The summed E-state index contributed by atoms with van der Waals surface area (Å²) >= 11 is 0. The van der Waals surface area contributed by atoms with Crippen molar-refractivity contribution in [1.82, 2.24) is 20.6 Å². The van der Waals surface area contributed by atoms with Crippen molar-refractivity contribution >= 4 is 22.9 Å². The summed E-state index contributed by atoms with van der Waals surface area (Å²) in [5.74, 6) is -0.126. The molecule has 3 aromatic rings. The molecule has 0 aliphatic carbocycles. The normalized spacial score (nSPS) is 13.3. The number of nitrogens with zero attached hydrogens (tertiary/aromatic N) is 1. The molecule has 0 unspecified atom stereocenters. The van der Waals surface area contributed by atoms with Crippen LogP contribution in [0.1, 0.15) is 32.8 Å². The van der Waals surface area contributed by atoms with Crippen LogP contribution in [0.2, 0.25) is 0 Å². The zero-order valence-corrected chi connectivity index (χ0v) is 14.0. The van der Waals surface area contributed by atoms with E-state index in [1.807, 2.05) is 18.2 Å². The molecule has 0 spiro atoms. The summed E-state index contributed by atoms with van der Waals surface area (Å²) in [5.41, 5.74) is 2.74. The highest BCUT2D eigenvalue weighted by molar-refractivity contribution is 6.06. The van der Waals surface area contributed by atoms with Crippen molar-refractivity contribution in [2.45, 2.75) is 26.4 Å². The minimum Gasteiger partial charge on any atom is -0.442 e. The van der Waals surface area contributed by atoms with Gasteiger partial charge in [0.05, 0.1) is 18.3 Å². The Hall–Kier alpha value is -3.42. The molecular weight excluding hydrogens is 336 g/mol. The summed E-state index contributed by atoms with van der Waals surface area (Å²) in [5, 5.41) is 5.75. The number of hydrogen-bond donors (Lipinski definition) is 3. The van der Waals surface area contributed by atoms with Gasteiger partial charge in [-0.2, -0.15) is 0 Å². The Morgan fingerprint density at radius 3 is 3.04 bits per heavy atom. The van der Waals surface area contributed by atoms with Crippen LogP contribution in [0, 0.1) is 6.92 Å². The van der Waals surface area contributed by atoms with Crippen LogP contribution in [0.25, 0.3) is 11.1 Å². The third kappa shape index (κ3) is 2.65. The third-order valence-corrected chi connectivity index (χ3v) is 4.52. The van der Waals surface area contributed by atoms with Crippen LogP contribution in [0.5, 0.6) is 0 Å². The molecule has 0 fully saturated rings. The second-order valence-corrected chi connectivity index (χ2v) is 6.14. The van der Waals surface area contributed by atoms with Crippen LogP contribution in [-0.2, 0) is 24.3 Å². The van der Waals surface area contributed by atoms with Gasteiger partial charge >= 0.3 is 0 Å². The fourth-order valence-electron chi connectivity index (χ4n) is 3.25. The van der Waals surface area contributed by atoms with E-state index in [9.17, 15) is 14.4 Å². The van der Waals surface area contributed by atoms with Gasteiger partial charge in [0.2, 0.25) is 11.6 Å². The van der Waals surface area contributed by atoms with Crippen LogP contribution < -0.4 is 16.2 Å². The minimum absolute atomic E-state index is 0.0365. The fourth-order valence-corrected chi connectivity index (χ4v) is 3.25. The second-order valence-electron chi connectivity index (χ2n) is 6.14. The molecule has 132 valence electrons. The SMILES string of the molecule is Cc1oc2nc[nH]c(=O)c2c1C(=O)NCc1cccc2c1CC(=O)NC2. The van der Waals surface area contributed by atoms with Crippen molar-refractivity contribution in [3.8, 4) is 0 Å². The van der Waals surface area contributed by atoms with Gasteiger partial charge in [-0.3, -0.25) is 14.4 Å². The Bertz CT molecular complexity index is 1100. The van der Waals surface area contributed by atoms with Crippen molar-refractivity contribution in [1.29, 1.82) is 0 Å². The Morgan fingerprint density at radius 1 is 1.35 bits per heavy atom. The third-order valence-electron chi connectivity index (χ3n) is 4.52. The standard InChI is InChI=1S/C18H16N4O4/c1-9-14(15-17(25)21-8-22-18(15)26-9)16(24)20-7-11-4-2-3-10-6-19-13(23)5-12(10)11/h2-4,8H,5-7H2,1H3,(H,19,23)(H,20,24)(H,21,22,25). The first-order valence-electron chi connectivity index (χ1n) is 8.16. The summed E-state index contributed by atoms with van der Waals surface area (Å²) in [6, 6.07) is 5.73. The lowest BCUT2D eigenvalue weighted by Gasteiger charge is -2.20. The van der Waals surface area contributed by atoms with Gasteiger partial charge in [0, 0.05) is 13.1 Å². The van der Waals surface area contributed by atoms with E-state index >= 15 is 0 Å². The number of rotatable bonds is 3. The van der Waals surface area contributed by atoms with Crippen LogP contribution in [-0.4, -0.2) is 21.8 Å². The van der Waals surface area contributed by atoms with Crippen LogP contribution in [0.3, 0.4) is 0 Å². The zero-order chi connectivity index (χ0) is 18.3.